The van der Waals surface area contributed by atoms with E-state index in [0.717, 1.165) is 16.5 Å². The zero-order valence-electron chi connectivity index (χ0n) is 19.8. The second-order valence-electron chi connectivity index (χ2n) is 8.41. The molecule has 2 aromatic heterocycles. The zero-order chi connectivity index (χ0) is 25.6. The minimum Gasteiger partial charge on any atom is -0.423 e. The van der Waals surface area contributed by atoms with Crippen molar-refractivity contribution in [1.29, 1.82) is 0 Å². The third kappa shape index (κ3) is 5.24. The number of nitrogens with one attached hydrogen (secondary N) is 2. The zero-order valence-corrected chi connectivity index (χ0v) is 20.6. The number of carbonyl (C=O) groups excluding carboxylic acids is 2. The number of nitrogens with zero attached hydrogens (tertiary/aromatic N) is 3. The fourth-order valence-electron chi connectivity index (χ4n) is 4.35. The summed E-state index contributed by atoms with van der Waals surface area (Å²) in [6.07, 6.45) is 3.68. The summed E-state index contributed by atoms with van der Waals surface area (Å²) < 4.78 is 5.27. The van der Waals surface area contributed by atoms with Crippen LogP contribution in [-0.2, 0) is 16.0 Å². The summed E-state index contributed by atoms with van der Waals surface area (Å²) in [7, 11) is 0. The van der Waals surface area contributed by atoms with E-state index >= 15 is 0 Å². The number of aromatic nitrogens is 3. The lowest BCUT2D eigenvalue weighted by Crippen LogP contribution is -2.45. The van der Waals surface area contributed by atoms with Crippen molar-refractivity contribution in [2.75, 3.05) is 17.3 Å². The molecule has 2 amide bonds. The molecule has 8 nitrogen and oxygen atoms in total. The van der Waals surface area contributed by atoms with Crippen LogP contribution in [0.1, 0.15) is 17.2 Å². The van der Waals surface area contributed by atoms with E-state index in [-0.39, 0.29) is 11.8 Å². The second kappa shape index (κ2) is 11.1. The summed E-state index contributed by atoms with van der Waals surface area (Å²) in [6, 6.07) is 23.6. The van der Waals surface area contributed by atoms with Gasteiger partial charge in [0, 0.05) is 40.5 Å². The summed E-state index contributed by atoms with van der Waals surface area (Å²) >= 11 is 6.06. The number of benzene rings is 3. The molecule has 5 rings (SSSR count). The highest BCUT2D eigenvalue weighted by Gasteiger charge is 2.34. The molecule has 186 valence electrons. The number of para-hydroxylation sites is 1. The van der Waals surface area contributed by atoms with Gasteiger partial charge in [-0.2, -0.15) is 0 Å². The molecular weight excluding hydrogens is 490 g/mol. The van der Waals surface area contributed by atoms with Gasteiger partial charge in [-0.25, -0.2) is 0 Å². The Morgan fingerprint density at radius 1 is 1.00 bits per heavy atom. The van der Waals surface area contributed by atoms with Crippen LogP contribution in [0, 0.1) is 0 Å². The van der Waals surface area contributed by atoms with Crippen LogP contribution in [0.15, 0.2) is 95.9 Å². The Labute approximate surface area is 218 Å². The molecule has 1 atom stereocenters. The number of fused-ring (bicyclic) bond motifs is 1. The van der Waals surface area contributed by atoms with Gasteiger partial charge in [-0.3, -0.25) is 14.5 Å². The van der Waals surface area contributed by atoms with Crippen molar-refractivity contribution in [3.63, 3.8) is 0 Å². The van der Waals surface area contributed by atoms with Crippen molar-refractivity contribution in [2.45, 2.75) is 12.5 Å². The number of amides is 2. The molecule has 2 heterocycles. The number of carbonyl (C=O) groups is 2. The molecule has 1 unspecified atom stereocenters. The summed E-state index contributed by atoms with van der Waals surface area (Å²) in [4.78, 5) is 31.7. The summed E-state index contributed by atoms with van der Waals surface area (Å²) in [5.41, 5.74) is 3.85. The van der Waals surface area contributed by atoms with Crippen LogP contribution < -0.4 is 10.2 Å². The first kappa shape index (κ1) is 24.3. The van der Waals surface area contributed by atoms with Crippen molar-refractivity contribution >= 4 is 40.0 Å². The number of anilines is 1. The van der Waals surface area contributed by atoms with E-state index in [9.17, 15) is 9.59 Å². The van der Waals surface area contributed by atoms with Gasteiger partial charge in [0.1, 0.15) is 11.9 Å². The van der Waals surface area contributed by atoms with Crippen LogP contribution in [0.2, 0.25) is 0 Å². The van der Waals surface area contributed by atoms with Gasteiger partial charge >= 0.3 is 0 Å². The van der Waals surface area contributed by atoms with E-state index in [2.05, 4.69) is 20.5 Å². The van der Waals surface area contributed by atoms with Crippen LogP contribution in [-0.4, -0.2) is 39.4 Å². The van der Waals surface area contributed by atoms with Crippen molar-refractivity contribution in [3.05, 3.63) is 103 Å². The summed E-state index contributed by atoms with van der Waals surface area (Å²) in [5, 5.41) is 11.5. The molecule has 5 aromatic rings. The smallest absolute Gasteiger partial charge is 0.247 e. The molecule has 0 radical (unpaired) electrons. The molecular formula is C28H24ClN5O3. The lowest BCUT2D eigenvalue weighted by atomic mass is 10.0. The number of hydrogen-bond acceptors (Lipinski definition) is 5. The van der Waals surface area contributed by atoms with Gasteiger partial charge in [-0.05, 0) is 42.3 Å². The van der Waals surface area contributed by atoms with E-state index in [1.54, 1.807) is 30.5 Å². The SMILES string of the molecule is O=C(NCCc1ccccc1)C(c1c[nH]c2ccccc12)N(C(=O)CCl)c1ccc(-c2nnco2)cc1. The van der Waals surface area contributed by atoms with Crippen LogP contribution in [0.5, 0.6) is 0 Å². The molecule has 9 heteroatoms. The van der Waals surface area contributed by atoms with Crippen LogP contribution in [0.3, 0.4) is 0 Å². The largest absolute Gasteiger partial charge is 0.423 e. The molecule has 0 saturated heterocycles. The molecule has 0 saturated carbocycles. The number of H-pyrrole nitrogens is 1. The molecule has 0 spiro atoms. The average Bonchev–Trinajstić information content (AvgIpc) is 3.63. The minimum atomic E-state index is -0.951. The van der Waals surface area contributed by atoms with E-state index in [4.69, 9.17) is 16.0 Å². The van der Waals surface area contributed by atoms with Gasteiger partial charge in [0.2, 0.25) is 24.1 Å². The Kier molecular flexibility index (Phi) is 7.28. The van der Waals surface area contributed by atoms with Crippen LogP contribution in [0.25, 0.3) is 22.4 Å². The van der Waals surface area contributed by atoms with Crippen molar-refractivity contribution in [3.8, 4) is 11.5 Å². The first-order valence-corrected chi connectivity index (χ1v) is 12.3. The fourth-order valence-corrected chi connectivity index (χ4v) is 4.48. The Morgan fingerprint density at radius 2 is 1.76 bits per heavy atom. The highest BCUT2D eigenvalue weighted by Crippen LogP contribution is 2.33. The van der Waals surface area contributed by atoms with Gasteiger partial charge in [0.15, 0.2) is 0 Å². The second-order valence-corrected chi connectivity index (χ2v) is 8.67. The van der Waals surface area contributed by atoms with Crippen LogP contribution >= 0.6 is 11.6 Å². The third-order valence-corrected chi connectivity index (χ3v) is 6.34. The molecule has 0 aliphatic rings. The predicted octanol–water partition coefficient (Wildman–Crippen LogP) is 4.89. The molecule has 2 N–H and O–H groups in total. The van der Waals surface area contributed by atoms with Crippen molar-refractivity contribution in [2.24, 2.45) is 0 Å². The summed E-state index contributed by atoms with van der Waals surface area (Å²) in [6.45, 7) is 0.417. The maximum atomic E-state index is 13.8. The van der Waals surface area contributed by atoms with Gasteiger partial charge in [-0.1, -0.05) is 48.5 Å². The molecule has 0 aliphatic carbocycles. The Bertz CT molecular complexity index is 1480. The highest BCUT2D eigenvalue weighted by molar-refractivity contribution is 6.30. The minimum absolute atomic E-state index is 0.290. The molecule has 0 aliphatic heterocycles. The Morgan fingerprint density at radius 3 is 2.49 bits per heavy atom. The Balaban J connectivity index is 1.51. The molecule has 3 aromatic carbocycles. The van der Waals surface area contributed by atoms with E-state index < -0.39 is 11.9 Å². The standard InChI is InChI=1S/C28H24ClN5O3/c29-16-25(35)34(21-12-10-20(11-13-21)28-33-32-18-37-28)26(23-17-31-24-9-5-4-8-22(23)24)27(36)30-15-14-19-6-2-1-3-7-19/h1-13,17-18,26,31H,14-16H2,(H,30,36). The molecule has 0 bridgehead atoms. The topological polar surface area (TPSA) is 104 Å². The first-order valence-electron chi connectivity index (χ1n) is 11.8. The number of alkyl halides is 1. The number of aromatic amines is 1. The number of halogens is 1. The van der Waals surface area contributed by atoms with Gasteiger partial charge < -0.3 is 14.7 Å². The maximum Gasteiger partial charge on any atom is 0.247 e. The number of rotatable bonds is 9. The predicted molar refractivity (Wildman–Crippen MR) is 142 cm³/mol. The molecule has 37 heavy (non-hydrogen) atoms. The van der Waals surface area contributed by atoms with Gasteiger partial charge in [0.25, 0.3) is 0 Å². The van der Waals surface area contributed by atoms with Crippen molar-refractivity contribution in [1.82, 2.24) is 20.5 Å². The van der Waals surface area contributed by atoms with Gasteiger partial charge in [-0.15, -0.1) is 21.8 Å². The lowest BCUT2D eigenvalue weighted by Gasteiger charge is -2.31. The maximum absolute atomic E-state index is 13.8. The summed E-state index contributed by atoms with van der Waals surface area (Å²) in [5.74, 6) is -0.642. The quantitative estimate of drug-likeness (QED) is 0.273. The number of hydrogen-bond donors (Lipinski definition) is 2. The van der Waals surface area contributed by atoms with E-state index in [1.165, 1.54) is 11.3 Å². The Hall–Kier alpha value is -4.43. The van der Waals surface area contributed by atoms with Crippen molar-refractivity contribution < 1.29 is 14.0 Å². The third-order valence-electron chi connectivity index (χ3n) is 6.11. The normalized spacial score (nSPS) is 11.8. The van der Waals surface area contributed by atoms with Crippen LogP contribution in [0.4, 0.5) is 5.69 Å². The van der Waals surface area contributed by atoms with Gasteiger partial charge in [0.05, 0.1) is 0 Å². The monoisotopic (exact) mass is 513 g/mol. The fraction of sp³-hybridized carbons (Fsp3) is 0.143. The average molecular weight is 514 g/mol. The molecule has 0 fully saturated rings. The first-order chi connectivity index (χ1) is 18.2. The lowest BCUT2D eigenvalue weighted by molar-refractivity contribution is -0.125. The van der Waals surface area contributed by atoms with E-state index in [0.29, 0.717) is 35.7 Å². The van der Waals surface area contributed by atoms with E-state index in [1.807, 2.05) is 54.6 Å². The highest BCUT2D eigenvalue weighted by atomic mass is 35.5.